The molecule has 0 bridgehead atoms. The first-order valence-electron chi connectivity index (χ1n) is 8.39. The van der Waals surface area contributed by atoms with Gasteiger partial charge in [-0.2, -0.15) is 0 Å². The SMILES string of the molecule is Cc1ccc(-c2ccc(C(c3ccc(C)o3)c3ccc(C)o3)o2)cc1. The highest BCUT2D eigenvalue weighted by atomic mass is 16.4. The maximum Gasteiger partial charge on any atom is 0.134 e. The lowest BCUT2D eigenvalue weighted by atomic mass is 10.0. The molecule has 0 atom stereocenters. The standard InChI is InChI=1S/C22H20O3/c1-14-4-8-17(9-5-14)18-12-13-21(25-18)22(19-10-6-15(2)23-19)20-11-7-16(3)24-20/h4-13,22H,1-3H3. The summed E-state index contributed by atoms with van der Waals surface area (Å²) in [4.78, 5) is 0. The minimum atomic E-state index is -0.193. The van der Waals surface area contributed by atoms with Crippen molar-refractivity contribution in [3.63, 3.8) is 0 Å². The van der Waals surface area contributed by atoms with Crippen molar-refractivity contribution in [2.45, 2.75) is 26.7 Å². The van der Waals surface area contributed by atoms with E-state index < -0.39 is 0 Å². The lowest BCUT2D eigenvalue weighted by molar-refractivity contribution is 0.396. The summed E-state index contributed by atoms with van der Waals surface area (Å²) in [6.07, 6.45) is 0. The van der Waals surface area contributed by atoms with Gasteiger partial charge in [-0.15, -0.1) is 0 Å². The van der Waals surface area contributed by atoms with E-state index in [4.69, 9.17) is 13.3 Å². The van der Waals surface area contributed by atoms with Crippen LogP contribution in [0.15, 0.2) is 73.9 Å². The molecule has 3 heterocycles. The van der Waals surface area contributed by atoms with Crippen molar-refractivity contribution in [3.8, 4) is 11.3 Å². The molecule has 4 aromatic rings. The normalized spacial score (nSPS) is 11.4. The highest BCUT2D eigenvalue weighted by Gasteiger charge is 2.26. The molecule has 3 heteroatoms. The Balaban J connectivity index is 1.76. The molecule has 0 N–H and O–H groups in total. The van der Waals surface area contributed by atoms with Gasteiger partial charge in [0.15, 0.2) is 0 Å². The fraction of sp³-hybridized carbons (Fsp3) is 0.182. The zero-order valence-corrected chi connectivity index (χ0v) is 14.6. The van der Waals surface area contributed by atoms with Crippen molar-refractivity contribution < 1.29 is 13.3 Å². The molecule has 0 radical (unpaired) electrons. The molecule has 126 valence electrons. The maximum atomic E-state index is 6.18. The summed E-state index contributed by atoms with van der Waals surface area (Å²) >= 11 is 0. The molecule has 1 aromatic carbocycles. The van der Waals surface area contributed by atoms with Gasteiger partial charge in [0, 0.05) is 5.56 Å². The van der Waals surface area contributed by atoms with E-state index in [-0.39, 0.29) is 5.92 Å². The summed E-state index contributed by atoms with van der Waals surface area (Å²) in [6, 6.07) is 20.2. The summed E-state index contributed by atoms with van der Waals surface area (Å²) in [5, 5.41) is 0. The third kappa shape index (κ3) is 3.05. The van der Waals surface area contributed by atoms with Crippen LogP contribution in [-0.4, -0.2) is 0 Å². The molecule has 0 aliphatic carbocycles. The van der Waals surface area contributed by atoms with Crippen LogP contribution in [-0.2, 0) is 0 Å². The van der Waals surface area contributed by atoms with Crippen LogP contribution in [0, 0.1) is 20.8 Å². The van der Waals surface area contributed by atoms with Gasteiger partial charge in [-0.05, 0) is 57.2 Å². The Morgan fingerprint density at radius 1 is 0.560 bits per heavy atom. The average Bonchev–Trinajstić information content (AvgIpc) is 3.32. The molecule has 0 aliphatic rings. The van der Waals surface area contributed by atoms with Gasteiger partial charge in [0.05, 0.1) is 0 Å². The Kier molecular flexibility index (Phi) is 3.85. The van der Waals surface area contributed by atoms with Crippen LogP contribution in [0.1, 0.15) is 40.3 Å². The van der Waals surface area contributed by atoms with Crippen molar-refractivity contribution in [2.75, 3.05) is 0 Å². The number of rotatable bonds is 4. The Morgan fingerprint density at radius 3 is 1.60 bits per heavy atom. The topological polar surface area (TPSA) is 39.4 Å². The summed E-state index contributed by atoms with van der Waals surface area (Å²) < 4.78 is 17.9. The van der Waals surface area contributed by atoms with Gasteiger partial charge in [-0.25, -0.2) is 0 Å². The molecule has 3 aromatic heterocycles. The number of furan rings is 3. The second-order valence-corrected chi connectivity index (χ2v) is 6.40. The first-order chi connectivity index (χ1) is 12.1. The van der Waals surface area contributed by atoms with Crippen molar-refractivity contribution >= 4 is 0 Å². The van der Waals surface area contributed by atoms with Crippen molar-refractivity contribution in [2.24, 2.45) is 0 Å². The van der Waals surface area contributed by atoms with Gasteiger partial charge >= 0.3 is 0 Å². The molecule has 0 fully saturated rings. The summed E-state index contributed by atoms with van der Waals surface area (Å²) in [6.45, 7) is 5.95. The predicted octanol–water partition coefficient (Wildman–Crippen LogP) is 6.24. The molecule has 3 nitrogen and oxygen atoms in total. The van der Waals surface area contributed by atoms with E-state index in [1.807, 2.05) is 50.2 Å². The lowest BCUT2D eigenvalue weighted by Gasteiger charge is -2.09. The van der Waals surface area contributed by atoms with E-state index in [0.717, 1.165) is 40.1 Å². The van der Waals surface area contributed by atoms with Crippen LogP contribution in [0.25, 0.3) is 11.3 Å². The van der Waals surface area contributed by atoms with E-state index in [1.54, 1.807) is 0 Å². The van der Waals surface area contributed by atoms with E-state index in [1.165, 1.54) is 5.56 Å². The van der Waals surface area contributed by atoms with E-state index in [0.29, 0.717) is 0 Å². The van der Waals surface area contributed by atoms with Crippen molar-refractivity contribution in [1.82, 2.24) is 0 Å². The second kappa shape index (κ2) is 6.17. The quantitative estimate of drug-likeness (QED) is 0.444. The average molecular weight is 332 g/mol. The van der Waals surface area contributed by atoms with Gasteiger partial charge in [0.25, 0.3) is 0 Å². The molecule has 0 aliphatic heterocycles. The van der Waals surface area contributed by atoms with Crippen LogP contribution in [0.2, 0.25) is 0 Å². The van der Waals surface area contributed by atoms with Crippen LogP contribution >= 0.6 is 0 Å². The zero-order valence-electron chi connectivity index (χ0n) is 14.6. The van der Waals surface area contributed by atoms with E-state index in [2.05, 4.69) is 31.2 Å². The minimum Gasteiger partial charge on any atom is -0.465 e. The largest absolute Gasteiger partial charge is 0.465 e. The molecule has 4 rings (SSSR count). The Hall–Kier alpha value is -2.94. The van der Waals surface area contributed by atoms with Gasteiger partial charge in [-0.1, -0.05) is 29.8 Å². The molecular weight excluding hydrogens is 312 g/mol. The molecule has 0 amide bonds. The molecule has 0 saturated carbocycles. The third-order valence-corrected chi connectivity index (χ3v) is 4.34. The van der Waals surface area contributed by atoms with Crippen LogP contribution in [0.5, 0.6) is 0 Å². The van der Waals surface area contributed by atoms with Gasteiger partial charge in [-0.3, -0.25) is 0 Å². The summed E-state index contributed by atoms with van der Waals surface area (Å²) in [5.41, 5.74) is 2.28. The van der Waals surface area contributed by atoms with Crippen molar-refractivity contribution in [1.29, 1.82) is 0 Å². The highest BCUT2D eigenvalue weighted by Crippen LogP contribution is 2.36. The molecule has 0 unspecified atom stereocenters. The van der Waals surface area contributed by atoms with Crippen molar-refractivity contribution in [3.05, 3.63) is 95.0 Å². The molecular formula is C22H20O3. The smallest absolute Gasteiger partial charge is 0.134 e. The number of hydrogen-bond acceptors (Lipinski definition) is 3. The first kappa shape index (κ1) is 15.6. The zero-order chi connectivity index (χ0) is 17.4. The Bertz CT molecular complexity index is 942. The third-order valence-electron chi connectivity index (χ3n) is 4.34. The summed E-state index contributed by atoms with van der Waals surface area (Å²) in [5.74, 6) is 4.82. The highest BCUT2D eigenvalue weighted by molar-refractivity contribution is 5.58. The Labute approximate surface area is 146 Å². The maximum absolute atomic E-state index is 6.18. The van der Waals surface area contributed by atoms with E-state index >= 15 is 0 Å². The van der Waals surface area contributed by atoms with Gasteiger partial charge in [0.1, 0.15) is 40.5 Å². The summed E-state index contributed by atoms with van der Waals surface area (Å²) in [7, 11) is 0. The van der Waals surface area contributed by atoms with Crippen LogP contribution in [0.3, 0.4) is 0 Å². The fourth-order valence-electron chi connectivity index (χ4n) is 3.02. The molecule has 25 heavy (non-hydrogen) atoms. The first-order valence-corrected chi connectivity index (χ1v) is 8.39. The number of aryl methyl sites for hydroxylation is 3. The number of hydrogen-bond donors (Lipinski definition) is 0. The van der Waals surface area contributed by atoms with Gasteiger partial charge < -0.3 is 13.3 Å². The Morgan fingerprint density at radius 2 is 1.08 bits per heavy atom. The molecule has 0 saturated heterocycles. The molecule has 0 spiro atoms. The van der Waals surface area contributed by atoms with E-state index in [9.17, 15) is 0 Å². The number of benzene rings is 1. The second-order valence-electron chi connectivity index (χ2n) is 6.40. The minimum absolute atomic E-state index is 0.193. The van der Waals surface area contributed by atoms with Gasteiger partial charge in [0.2, 0.25) is 0 Å². The van der Waals surface area contributed by atoms with Crippen LogP contribution in [0.4, 0.5) is 0 Å². The fourth-order valence-corrected chi connectivity index (χ4v) is 3.02. The monoisotopic (exact) mass is 332 g/mol. The predicted molar refractivity (Wildman–Crippen MR) is 96.7 cm³/mol. The van der Waals surface area contributed by atoms with Crippen LogP contribution < -0.4 is 0 Å². The lowest BCUT2D eigenvalue weighted by Crippen LogP contribution is -1.99.